The number of rotatable bonds is 10. The van der Waals surface area contributed by atoms with Crippen LogP contribution in [0.2, 0.25) is 0 Å². The quantitative estimate of drug-likeness (QED) is 0.0895. The first kappa shape index (κ1) is 59.7. The SMILES string of the molecule is Cc1nccn1Cc1ccc(-c2ccc(Cn3ccnc3C)cc2)cc1.Cc1nccn1Cc1ccc(-c2ccc(Cn3ccnc3C)cc2)cc1.S=C=S.[Cd+2].[Cd+2].[I-].[I-].[I-].[I-]. The molecule has 8 aromatic rings. The Morgan fingerprint density at radius 3 is 0.656 bits per heavy atom. The standard InChI is InChI=1S/2C22H22N4.CS2.2Cd.4HI/c2*1-17-23-11-13-25(17)15-19-3-7-21(8-4-19)22-9-5-20(6-10-22)16-26-14-12-24-18(26)2;2-1-3;;;;;;/h2*3-14H,15-16H2,1-2H3;;;;4*1H/q;;;2*+2;;;;/p-4. The largest absolute Gasteiger partial charge is 2.00 e. The minimum atomic E-state index is 0. The molecule has 16 heteroatoms. The molecule has 0 aliphatic carbocycles. The molecule has 4 aromatic heterocycles. The number of thiocarbonyl (C=S) groups is 2. The van der Waals surface area contributed by atoms with Crippen LogP contribution in [0.4, 0.5) is 0 Å². The van der Waals surface area contributed by atoms with Crippen LogP contribution in [-0.2, 0) is 80.8 Å². The van der Waals surface area contributed by atoms with Gasteiger partial charge < -0.3 is 114 Å². The zero-order valence-electron chi connectivity index (χ0n) is 34.5. The molecule has 0 saturated carbocycles. The summed E-state index contributed by atoms with van der Waals surface area (Å²) in [5, 5.41) is 0. The molecular weight excluding hydrogens is 1450 g/mol. The summed E-state index contributed by atoms with van der Waals surface area (Å²) in [5.74, 6) is 4.16. The zero-order chi connectivity index (χ0) is 38.6. The van der Waals surface area contributed by atoms with Crippen molar-refractivity contribution in [2.24, 2.45) is 0 Å². The van der Waals surface area contributed by atoms with Crippen LogP contribution >= 0.6 is 24.4 Å². The summed E-state index contributed by atoms with van der Waals surface area (Å²) in [5.41, 5.74) is 10.1. The van der Waals surface area contributed by atoms with Crippen molar-refractivity contribution in [1.82, 2.24) is 38.2 Å². The number of hydrogen-bond donors (Lipinski definition) is 0. The first-order valence-electron chi connectivity index (χ1n) is 18.1. The number of halogens is 4. The van der Waals surface area contributed by atoms with Crippen molar-refractivity contribution in [2.75, 3.05) is 0 Å². The van der Waals surface area contributed by atoms with Gasteiger partial charge in [-0.1, -0.05) is 97.1 Å². The zero-order valence-corrected chi connectivity index (χ0v) is 52.8. The van der Waals surface area contributed by atoms with Crippen LogP contribution in [0.1, 0.15) is 45.6 Å². The average molecular weight is 1490 g/mol. The van der Waals surface area contributed by atoms with Crippen LogP contribution in [0, 0.1) is 27.7 Å². The molecule has 0 bridgehead atoms. The van der Waals surface area contributed by atoms with Crippen molar-refractivity contribution in [3.8, 4) is 22.3 Å². The Bertz CT molecular complexity index is 2130. The summed E-state index contributed by atoms with van der Waals surface area (Å²) in [6, 6.07) is 35.1. The van der Waals surface area contributed by atoms with Crippen LogP contribution in [0.25, 0.3) is 22.3 Å². The van der Waals surface area contributed by atoms with Crippen molar-refractivity contribution in [2.45, 2.75) is 53.9 Å². The molecular formula is C45H44Cd2I4N8S2. The number of benzene rings is 4. The van der Waals surface area contributed by atoms with Crippen LogP contribution < -0.4 is 95.9 Å². The molecule has 61 heavy (non-hydrogen) atoms. The molecule has 0 spiro atoms. The van der Waals surface area contributed by atoms with Gasteiger partial charge in [-0.25, -0.2) is 19.9 Å². The second kappa shape index (κ2) is 30.8. The Balaban J connectivity index is 0.00000101. The number of imidazole rings is 4. The van der Waals surface area contributed by atoms with Crippen LogP contribution in [0.15, 0.2) is 147 Å². The Labute approximate surface area is 479 Å². The molecule has 0 aliphatic heterocycles. The molecule has 4 aromatic carbocycles. The number of nitrogens with zero attached hydrogens (tertiary/aromatic N) is 8. The molecule has 308 valence electrons. The normalized spacial score (nSPS) is 9.51. The van der Waals surface area contributed by atoms with Crippen LogP contribution in [0.3, 0.4) is 0 Å². The van der Waals surface area contributed by atoms with Crippen molar-refractivity contribution < 1.29 is 151 Å². The molecule has 0 amide bonds. The molecule has 0 aliphatic rings. The van der Waals surface area contributed by atoms with Gasteiger partial charge in [0.15, 0.2) is 0 Å². The van der Waals surface area contributed by atoms with E-state index in [9.17, 15) is 0 Å². The van der Waals surface area contributed by atoms with E-state index in [1.165, 1.54) is 44.5 Å². The predicted molar refractivity (Wildman–Crippen MR) is 228 cm³/mol. The van der Waals surface area contributed by atoms with Gasteiger partial charge in [-0.05, 0) is 96.6 Å². The third kappa shape index (κ3) is 17.9. The molecule has 0 radical (unpaired) electrons. The smallest absolute Gasteiger partial charge is 1.00 e. The molecule has 8 rings (SSSR count). The van der Waals surface area contributed by atoms with E-state index in [1.54, 1.807) is 0 Å². The van der Waals surface area contributed by atoms with E-state index in [0.29, 0.717) is 0 Å². The second-order valence-electron chi connectivity index (χ2n) is 13.3. The van der Waals surface area contributed by atoms with Crippen LogP contribution in [-0.4, -0.2) is 42.5 Å². The first-order valence-corrected chi connectivity index (χ1v) is 18.9. The summed E-state index contributed by atoms with van der Waals surface area (Å²) in [4.78, 5) is 17.1. The van der Waals surface area contributed by atoms with E-state index in [-0.39, 0.29) is 151 Å². The third-order valence-corrected chi connectivity index (χ3v) is 9.59. The first-order chi connectivity index (χ1) is 26.8. The fourth-order valence-electron chi connectivity index (χ4n) is 6.28. The maximum absolute atomic E-state index is 4.28. The maximum Gasteiger partial charge on any atom is 2.00 e. The van der Waals surface area contributed by atoms with E-state index in [1.807, 2.05) is 81.6 Å². The Morgan fingerprint density at radius 1 is 0.361 bits per heavy atom. The molecule has 0 unspecified atom stereocenters. The predicted octanol–water partition coefficient (Wildman–Crippen LogP) is -2.05. The summed E-state index contributed by atoms with van der Waals surface area (Å²) in [7, 11) is 0. The van der Waals surface area contributed by atoms with Gasteiger partial charge in [-0.2, -0.15) is 0 Å². The number of hydrogen-bond acceptors (Lipinski definition) is 6. The Hall–Kier alpha value is -1.30. The number of aryl methyl sites for hydroxylation is 4. The molecule has 4 heterocycles. The molecule has 0 saturated heterocycles. The van der Waals surface area contributed by atoms with Gasteiger partial charge in [0.25, 0.3) is 0 Å². The fraction of sp³-hybridized carbons (Fsp3) is 0.178. The summed E-state index contributed by atoms with van der Waals surface area (Å²) >= 11 is 7.92. The van der Waals surface area contributed by atoms with Gasteiger partial charge in [-0.15, -0.1) is 0 Å². The topological polar surface area (TPSA) is 71.3 Å². The van der Waals surface area contributed by atoms with E-state index >= 15 is 0 Å². The third-order valence-electron chi connectivity index (χ3n) is 9.59. The number of aromatic nitrogens is 8. The molecule has 8 nitrogen and oxygen atoms in total. The Kier molecular flexibility index (Phi) is 30.1. The molecule has 0 N–H and O–H groups in total. The van der Waals surface area contributed by atoms with Crippen molar-refractivity contribution in [1.29, 1.82) is 0 Å². The van der Waals surface area contributed by atoms with Crippen molar-refractivity contribution in [3.63, 3.8) is 0 Å². The maximum atomic E-state index is 4.28. The van der Waals surface area contributed by atoms with E-state index in [2.05, 4.69) is 160 Å². The van der Waals surface area contributed by atoms with Gasteiger partial charge >= 0.3 is 54.6 Å². The van der Waals surface area contributed by atoms with Gasteiger partial charge in [0.05, 0.1) is 0 Å². The van der Waals surface area contributed by atoms with Crippen molar-refractivity contribution in [3.05, 3.63) is 192 Å². The monoisotopic (exact) mass is 1500 g/mol. The fourth-order valence-corrected chi connectivity index (χ4v) is 6.28. The minimum Gasteiger partial charge on any atom is -1.00 e. The van der Waals surface area contributed by atoms with Gasteiger partial charge in [0.2, 0.25) is 0 Å². The van der Waals surface area contributed by atoms with Crippen molar-refractivity contribution >= 4 is 28.7 Å². The average Bonchev–Trinajstić information content (AvgIpc) is 4.01. The van der Waals surface area contributed by atoms with E-state index < -0.39 is 0 Å². The van der Waals surface area contributed by atoms with Gasteiger partial charge in [-0.3, -0.25) is 0 Å². The second-order valence-corrected chi connectivity index (χ2v) is 13.9. The Morgan fingerprint density at radius 2 is 0.525 bits per heavy atom. The summed E-state index contributed by atoms with van der Waals surface area (Å²) in [6.45, 7) is 11.5. The molecule has 0 atom stereocenters. The summed E-state index contributed by atoms with van der Waals surface area (Å²) in [6.07, 6.45) is 15.4. The van der Waals surface area contributed by atoms with E-state index in [4.69, 9.17) is 0 Å². The summed E-state index contributed by atoms with van der Waals surface area (Å²) < 4.78 is 10.5. The van der Waals surface area contributed by atoms with Gasteiger partial charge in [0.1, 0.15) is 23.3 Å². The van der Waals surface area contributed by atoms with E-state index in [0.717, 1.165) is 49.5 Å². The minimum absolute atomic E-state index is 0. The molecule has 0 fully saturated rings. The van der Waals surface area contributed by atoms with Crippen LogP contribution in [0.5, 0.6) is 0 Å². The van der Waals surface area contributed by atoms with Gasteiger partial charge in [0, 0.05) is 80.1 Å².